The summed E-state index contributed by atoms with van der Waals surface area (Å²) in [6.45, 7) is 8.39. The summed E-state index contributed by atoms with van der Waals surface area (Å²) < 4.78 is 5.55. The zero-order valence-electron chi connectivity index (χ0n) is 16.0. The standard InChI is InChI=1S/C13H25N3O2.2C2H4O2/c1-16-6-7-18-10-11(9-16)8-15-13(17)12-2-4-14-5-3-12;2*1-2(3)4/h11-12,14H,2-10H2,1H3,(H,15,17);2*1H3,(H,3,4). The van der Waals surface area contributed by atoms with Crippen LogP contribution in [-0.4, -0.2) is 85.9 Å². The van der Waals surface area contributed by atoms with Crippen molar-refractivity contribution in [2.75, 3.05) is 53.0 Å². The van der Waals surface area contributed by atoms with Crippen molar-refractivity contribution in [1.29, 1.82) is 0 Å². The number of ether oxygens (including phenoxy) is 1. The minimum atomic E-state index is -0.833. The minimum Gasteiger partial charge on any atom is -0.481 e. The van der Waals surface area contributed by atoms with E-state index in [1.807, 2.05) is 0 Å². The van der Waals surface area contributed by atoms with Crippen LogP contribution in [0.15, 0.2) is 0 Å². The average Bonchev–Trinajstić information content (AvgIpc) is 2.76. The first-order valence-electron chi connectivity index (χ1n) is 8.86. The number of carboxylic acid groups (broad SMARTS) is 2. The Balaban J connectivity index is 0.000000662. The second-order valence-electron chi connectivity index (χ2n) is 6.51. The van der Waals surface area contributed by atoms with E-state index in [1.54, 1.807) is 0 Å². The second kappa shape index (κ2) is 14.5. The van der Waals surface area contributed by atoms with Gasteiger partial charge in [-0.1, -0.05) is 0 Å². The fourth-order valence-electron chi connectivity index (χ4n) is 2.65. The SMILES string of the molecule is CC(=O)O.CC(=O)O.CN1CCOCC(CNC(=O)C2CCNCC2)C1. The molecule has 2 heterocycles. The Morgan fingerprint density at radius 2 is 1.69 bits per heavy atom. The molecule has 26 heavy (non-hydrogen) atoms. The highest BCUT2D eigenvalue weighted by Crippen LogP contribution is 2.12. The van der Waals surface area contributed by atoms with E-state index in [0.717, 1.165) is 72.6 Å². The number of likely N-dealkylation sites (N-methyl/N-ethyl adjacent to an activating group) is 1. The van der Waals surface area contributed by atoms with Gasteiger partial charge < -0.3 is 30.5 Å². The predicted molar refractivity (Wildman–Crippen MR) is 97.0 cm³/mol. The lowest BCUT2D eigenvalue weighted by atomic mass is 9.97. The van der Waals surface area contributed by atoms with Crippen molar-refractivity contribution in [2.24, 2.45) is 11.8 Å². The number of nitrogens with one attached hydrogen (secondary N) is 2. The molecule has 2 fully saturated rings. The molecule has 1 atom stereocenters. The maximum atomic E-state index is 12.0. The van der Waals surface area contributed by atoms with Gasteiger partial charge in [0.25, 0.3) is 11.9 Å². The minimum absolute atomic E-state index is 0.204. The van der Waals surface area contributed by atoms with Crippen LogP contribution >= 0.6 is 0 Å². The van der Waals surface area contributed by atoms with Gasteiger partial charge in [0.1, 0.15) is 0 Å². The normalized spacial score (nSPS) is 21.1. The number of amides is 1. The van der Waals surface area contributed by atoms with Crippen molar-refractivity contribution in [3.8, 4) is 0 Å². The van der Waals surface area contributed by atoms with Crippen molar-refractivity contribution in [1.82, 2.24) is 15.5 Å². The molecule has 1 unspecified atom stereocenters. The highest BCUT2D eigenvalue weighted by atomic mass is 16.5. The van der Waals surface area contributed by atoms with Gasteiger partial charge in [-0.2, -0.15) is 0 Å². The van der Waals surface area contributed by atoms with E-state index in [0.29, 0.717) is 5.92 Å². The number of hydrogen-bond acceptors (Lipinski definition) is 6. The third-order valence-corrected chi connectivity index (χ3v) is 3.82. The first-order valence-corrected chi connectivity index (χ1v) is 8.86. The molecule has 0 spiro atoms. The fourth-order valence-corrected chi connectivity index (χ4v) is 2.65. The molecule has 1 amide bonds. The lowest BCUT2D eigenvalue weighted by Crippen LogP contribution is -2.41. The number of piperidine rings is 1. The first kappa shape index (κ1) is 24.3. The average molecular weight is 375 g/mol. The monoisotopic (exact) mass is 375 g/mol. The summed E-state index contributed by atoms with van der Waals surface area (Å²) >= 11 is 0. The molecule has 9 heteroatoms. The largest absolute Gasteiger partial charge is 0.481 e. The van der Waals surface area contributed by atoms with E-state index in [-0.39, 0.29) is 11.8 Å². The maximum Gasteiger partial charge on any atom is 0.300 e. The number of hydrogen-bond donors (Lipinski definition) is 4. The summed E-state index contributed by atoms with van der Waals surface area (Å²) in [5, 5.41) is 21.2. The van der Waals surface area contributed by atoms with Gasteiger partial charge in [-0.15, -0.1) is 0 Å². The number of rotatable bonds is 3. The van der Waals surface area contributed by atoms with Gasteiger partial charge in [-0.25, -0.2) is 0 Å². The molecule has 0 radical (unpaired) electrons. The molecule has 0 aliphatic carbocycles. The molecular formula is C17H33N3O6. The van der Waals surface area contributed by atoms with Gasteiger partial charge in [-0.3, -0.25) is 14.4 Å². The molecule has 9 nitrogen and oxygen atoms in total. The van der Waals surface area contributed by atoms with Crippen LogP contribution in [0.5, 0.6) is 0 Å². The lowest BCUT2D eigenvalue weighted by Gasteiger charge is -2.24. The molecule has 2 aliphatic rings. The molecule has 2 aliphatic heterocycles. The lowest BCUT2D eigenvalue weighted by molar-refractivity contribution is -0.135. The van der Waals surface area contributed by atoms with Crippen LogP contribution in [0.4, 0.5) is 0 Å². The van der Waals surface area contributed by atoms with Crippen LogP contribution in [0.3, 0.4) is 0 Å². The maximum absolute atomic E-state index is 12.0. The van der Waals surface area contributed by atoms with Crippen molar-refractivity contribution in [2.45, 2.75) is 26.7 Å². The first-order chi connectivity index (χ1) is 12.2. The van der Waals surface area contributed by atoms with E-state index in [4.69, 9.17) is 24.5 Å². The van der Waals surface area contributed by atoms with Crippen LogP contribution in [0, 0.1) is 11.8 Å². The predicted octanol–water partition coefficient (Wildman–Crippen LogP) is -0.138. The highest BCUT2D eigenvalue weighted by molar-refractivity contribution is 5.78. The quantitative estimate of drug-likeness (QED) is 0.537. The van der Waals surface area contributed by atoms with Crippen LogP contribution in [0.1, 0.15) is 26.7 Å². The van der Waals surface area contributed by atoms with Crippen molar-refractivity contribution in [3.63, 3.8) is 0 Å². The number of carbonyl (C=O) groups excluding carboxylic acids is 1. The Morgan fingerprint density at radius 1 is 1.15 bits per heavy atom. The van der Waals surface area contributed by atoms with Gasteiger partial charge in [0, 0.05) is 45.3 Å². The zero-order valence-corrected chi connectivity index (χ0v) is 16.0. The molecule has 2 saturated heterocycles. The Bertz CT molecular complexity index is 407. The van der Waals surface area contributed by atoms with E-state index in [9.17, 15) is 4.79 Å². The number of aliphatic carboxylic acids is 2. The summed E-state index contributed by atoms with van der Waals surface area (Å²) in [6.07, 6.45) is 1.93. The zero-order chi connectivity index (χ0) is 19.9. The number of nitrogens with zero attached hydrogens (tertiary/aromatic N) is 1. The second-order valence-corrected chi connectivity index (χ2v) is 6.51. The molecular weight excluding hydrogens is 342 g/mol. The molecule has 4 N–H and O–H groups in total. The summed E-state index contributed by atoms with van der Waals surface area (Å²) in [5.41, 5.74) is 0. The van der Waals surface area contributed by atoms with Gasteiger partial charge in [0.15, 0.2) is 0 Å². The summed E-state index contributed by atoms with van der Waals surface area (Å²) in [5.74, 6) is -0.817. The summed E-state index contributed by atoms with van der Waals surface area (Å²) in [7, 11) is 2.11. The van der Waals surface area contributed by atoms with E-state index in [2.05, 4.69) is 22.6 Å². The Hall–Kier alpha value is -1.71. The Kier molecular flexibility index (Phi) is 13.5. The Labute approximate surface area is 155 Å². The molecule has 0 aromatic rings. The van der Waals surface area contributed by atoms with Gasteiger partial charge in [-0.05, 0) is 33.0 Å². The molecule has 152 valence electrons. The van der Waals surface area contributed by atoms with Gasteiger partial charge >= 0.3 is 0 Å². The third-order valence-electron chi connectivity index (χ3n) is 3.82. The van der Waals surface area contributed by atoms with Crippen molar-refractivity contribution in [3.05, 3.63) is 0 Å². The molecule has 0 aromatic heterocycles. The molecule has 0 saturated carbocycles. The van der Waals surface area contributed by atoms with Crippen LogP contribution < -0.4 is 10.6 Å². The van der Waals surface area contributed by atoms with E-state index in [1.165, 1.54) is 0 Å². The van der Waals surface area contributed by atoms with Crippen LogP contribution in [0.25, 0.3) is 0 Å². The van der Waals surface area contributed by atoms with E-state index >= 15 is 0 Å². The Morgan fingerprint density at radius 3 is 2.23 bits per heavy atom. The topological polar surface area (TPSA) is 128 Å². The van der Waals surface area contributed by atoms with Gasteiger partial charge in [0.05, 0.1) is 13.2 Å². The van der Waals surface area contributed by atoms with Crippen LogP contribution in [-0.2, 0) is 19.1 Å². The third kappa shape index (κ3) is 14.6. The van der Waals surface area contributed by atoms with E-state index < -0.39 is 11.9 Å². The van der Waals surface area contributed by atoms with Gasteiger partial charge in [0.2, 0.25) is 5.91 Å². The van der Waals surface area contributed by atoms with Crippen molar-refractivity contribution >= 4 is 17.8 Å². The summed E-state index contributed by atoms with van der Waals surface area (Å²) in [6, 6.07) is 0. The van der Waals surface area contributed by atoms with Crippen LogP contribution in [0.2, 0.25) is 0 Å². The smallest absolute Gasteiger partial charge is 0.300 e. The van der Waals surface area contributed by atoms with Crippen molar-refractivity contribution < 1.29 is 29.3 Å². The number of carbonyl (C=O) groups is 3. The summed E-state index contributed by atoms with van der Waals surface area (Å²) in [4.78, 5) is 32.3. The number of carboxylic acids is 2. The molecule has 0 bridgehead atoms. The fraction of sp³-hybridized carbons (Fsp3) is 0.824. The highest BCUT2D eigenvalue weighted by Gasteiger charge is 2.22. The molecule has 2 rings (SSSR count). The molecule has 0 aromatic carbocycles.